The number of aliphatic hydroxyl groups excluding tert-OH is 1. The molecule has 0 heterocycles. The van der Waals surface area contributed by atoms with E-state index in [4.69, 9.17) is 16.7 Å². The first-order chi connectivity index (χ1) is 6.73. The molecule has 0 saturated heterocycles. The van der Waals surface area contributed by atoms with Crippen molar-refractivity contribution in [2.45, 2.75) is 12.3 Å². The number of benzene rings is 1. The average molecular weight is 247 g/mol. The van der Waals surface area contributed by atoms with E-state index in [2.05, 4.69) is 0 Å². The molecule has 84 valence electrons. The van der Waals surface area contributed by atoms with E-state index in [1.54, 1.807) is 0 Å². The molecule has 1 nitrogen and oxygen atoms in total. The largest absolute Gasteiger partial charge is 0.418 e. The molecule has 7 heteroatoms. The second kappa shape index (κ2) is 3.94. The molecule has 0 fully saturated rings. The first kappa shape index (κ1) is 12.2. The molecule has 0 aliphatic rings. The minimum absolute atomic E-state index is 0.218. The monoisotopic (exact) mass is 246 g/mol. The van der Waals surface area contributed by atoms with E-state index in [1.807, 2.05) is 0 Å². The Hall–Kier alpha value is -0.880. The molecule has 15 heavy (non-hydrogen) atoms. The molecule has 0 amide bonds. The quantitative estimate of drug-likeness (QED) is 0.596. The Morgan fingerprint density at radius 3 is 2.13 bits per heavy atom. The summed E-state index contributed by atoms with van der Waals surface area (Å²) in [4.78, 5) is 0. The predicted octanol–water partition coefficient (Wildman–Crippen LogP) is 3.21. The van der Waals surface area contributed by atoms with E-state index in [1.165, 1.54) is 0 Å². The van der Waals surface area contributed by atoms with Crippen LogP contribution in [-0.2, 0) is 0 Å². The molecule has 1 N–H and O–H groups in total. The van der Waals surface area contributed by atoms with Gasteiger partial charge in [0.05, 0.1) is 5.02 Å². The summed E-state index contributed by atoms with van der Waals surface area (Å²) in [6, 6.07) is 0.594. The number of aliphatic hydroxyl groups is 1. The van der Waals surface area contributed by atoms with Crippen LogP contribution in [0.5, 0.6) is 0 Å². The van der Waals surface area contributed by atoms with Gasteiger partial charge in [-0.1, -0.05) is 11.6 Å². The van der Waals surface area contributed by atoms with Crippen molar-refractivity contribution in [3.05, 3.63) is 34.4 Å². The van der Waals surface area contributed by atoms with E-state index in [0.29, 0.717) is 6.07 Å². The summed E-state index contributed by atoms with van der Waals surface area (Å²) in [6.07, 6.45) is -8.12. The van der Waals surface area contributed by atoms with Crippen LogP contribution in [-0.4, -0.2) is 11.3 Å². The number of rotatable bonds is 1. The van der Waals surface area contributed by atoms with Crippen LogP contribution < -0.4 is 0 Å². The minimum Gasteiger partial charge on any atom is -0.379 e. The third-order valence-corrected chi connectivity index (χ3v) is 1.93. The Balaban J connectivity index is 3.21. The van der Waals surface area contributed by atoms with Crippen molar-refractivity contribution in [3.8, 4) is 0 Å². The lowest BCUT2D eigenvalue weighted by Crippen LogP contribution is -2.21. The van der Waals surface area contributed by atoms with Crippen molar-refractivity contribution in [1.29, 1.82) is 0 Å². The zero-order valence-electron chi connectivity index (χ0n) is 6.95. The molecule has 1 unspecified atom stereocenters. The van der Waals surface area contributed by atoms with Crippen LogP contribution in [0.3, 0.4) is 0 Å². The summed E-state index contributed by atoms with van der Waals surface area (Å²) in [5.41, 5.74) is -1.19. The summed E-state index contributed by atoms with van der Waals surface area (Å²) in [6.45, 7) is 0. The Morgan fingerprint density at radius 2 is 1.67 bits per heavy atom. The van der Waals surface area contributed by atoms with Gasteiger partial charge in [-0.2, -0.15) is 13.2 Å². The van der Waals surface area contributed by atoms with Crippen LogP contribution in [0.15, 0.2) is 12.1 Å². The van der Waals surface area contributed by atoms with Crippen molar-refractivity contribution in [1.82, 2.24) is 0 Å². The third-order valence-electron chi connectivity index (χ3n) is 1.64. The topological polar surface area (TPSA) is 20.2 Å². The summed E-state index contributed by atoms with van der Waals surface area (Å²) in [7, 11) is 0. The van der Waals surface area contributed by atoms with Crippen LogP contribution in [0.4, 0.5) is 22.0 Å². The molecule has 0 bridgehead atoms. The molecular weight excluding hydrogens is 243 g/mol. The predicted molar refractivity (Wildman–Crippen MR) is 42.4 cm³/mol. The van der Waals surface area contributed by atoms with Gasteiger partial charge in [0.15, 0.2) is 6.10 Å². The molecule has 1 atom stereocenters. The fourth-order valence-electron chi connectivity index (χ4n) is 0.924. The summed E-state index contributed by atoms with van der Waals surface area (Å²) in [5.74, 6) is -2.64. The summed E-state index contributed by atoms with van der Waals surface area (Å²) >= 11 is 5.13. The van der Waals surface area contributed by atoms with Crippen LogP contribution in [0.1, 0.15) is 11.7 Å². The maximum atomic E-state index is 12.9. The standard InChI is InChI=1S/C8H4ClF5O/c9-4-2-5(10)3(1-6(4)11)7(15)8(12,13)14/h1-2,7,15H. The number of alkyl halides is 3. The van der Waals surface area contributed by atoms with Crippen LogP contribution in [0.25, 0.3) is 0 Å². The second-order valence-corrected chi connectivity index (χ2v) is 3.14. The average Bonchev–Trinajstić information content (AvgIpc) is 2.08. The van der Waals surface area contributed by atoms with Crippen molar-refractivity contribution in [3.63, 3.8) is 0 Å². The van der Waals surface area contributed by atoms with Crippen molar-refractivity contribution in [2.75, 3.05) is 0 Å². The van der Waals surface area contributed by atoms with E-state index < -0.39 is 34.5 Å². The van der Waals surface area contributed by atoms with Gasteiger partial charge in [0.25, 0.3) is 0 Å². The normalized spacial score (nSPS) is 14.1. The number of hydrogen-bond acceptors (Lipinski definition) is 1. The lowest BCUT2D eigenvalue weighted by molar-refractivity contribution is -0.207. The van der Waals surface area contributed by atoms with E-state index in [-0.39, 0.29) is 6.07 Å². The zero-order valence-corrected chi connectivity index (χ0v) is 7.70. The smallest absolute Gasteiger partial charge is 0.379 e. The molecule has 0 aliphatic carbocycles. The Bertz CT molecular complexity index is 376. The van der Waals surface area contributed by atoms with Gasteiger partial charge in [-0.05, 0) is 12.1 Å². The summed E-state index contributed by atoms with van der Waals surface area (Å²) < 4.78 is 61.6. The summed E-state index contributed by atoms with van der Waals surface area (Å²) in [5, 5.41) is 8.03. The maximum Gasteiger partial charge on any atom is 0.418 e. The van der Waals surface area contributed by atoms with E-state index in [9.17, 15) is 22.0 Å². The van der Waals surface area contributed by atoms with Gasteiger partial charge >= 0.3 is 6.18 Å². The lowest BCUT2D eigenvalue weighted by atomic mass is 10.1. The van der Waals surface area contributed by atoms with Crippen LogP contribution in [0, 0.1) is 11.6 Å². The molecular formula is C8H4ClF5O. The molecule has 1 aromatic rings. The fourth-order valence-corrected chi connectivity index (χ4v) is 1.07. The fraction of sp³-hybridized carbons (Fsp3) is 0.250. The highest BCUT2D eigenvalue weighted by atomic mass is 35.5. The van der Waals surface area contributed by atoms with Gasteiger partial charge in [-0.25, -0.2) is 8.78 Å². The molecule has 1 aromatic carbocycles. The lowest BCUT2D eigenvalue weighted by Gasteiger charge is -2.15. The number of hydrogen-bond donors (Lipinski definition) is 1. The Kier molecular flexibility index (Phi) is 3.20. The molecule has 0 radical (unpaired) electrons. The third kappa shape index (κ3) is 2.57. The van der Waals surface area contributed by atoms with E-state index in [0.717, 1.165) is 0 Å². The molecule has 0 aliphatic heterocycles. The van der Waals surface area contributed by atoms with Gasteiger partial charge in [-0.15, -0.1) is 0 Å². The van der Waals surface area contributed by atoms with Crippen molar-refractivity contribution < 1.29 is 27.1 Å². The molecule has 0 spiro atoms. The maximum absolute atomic E-state index is 12.9. The van der Waals surface area contributed by atoms with Gasteiger partial charge < -0.3 is 5.11 Å². The Morgan fingerprint density at radius 1 is 1.13 bits per heavy atom. The van der Waals surface area contributed by atoms with Crippen molar-refractivity contribution >= 4 is 11.6 Å². The highest BCUT2D eigenvalue weighted by molar-refractivity contribution is 6.30. The van der Waals surface area contributed by atoms with Gasteiger partial charge in [0.1, 0.15) is 11.6 Å². The first-order valence-corrected chi connectivity index (χ1v) is 4.00. The SMILES string of the molecule is OC(c1cc(F)c(Cl)cc1F)C(F)(F)F. The highest BCUT2D eigenvalue weighted by Gasteiger charge is 2.41. The molecule has 1 rings (SSSR count). The minimum atomic E-state index is -5.05. The van der Waals surface area contributed by atoms with Crippen molar-refractivity contribution in [2.24, 2.45) is 0 Å². The Labute approximate surface area is 86.1 Å². The van der Waals surface area contributed by atoms with E-state index >= 15 is 0 Å². The van der Waals surface area contributed by atoms with Crippen LogP contribution >= 0.6 is 11.6 Å². The highest BCUT2D eigenvalue weighted by Crippen LogP contribution is 2.35. The molecule has 0 aromatic heterocycles. The van der Waals surface area contributed by atoms with Crippen LogP contribution in [0.2, 0.25) is 5.02 Å². The van der Waals surface area contributed by atoms with Gasteiger partial charge in [0.2, 0.25) is 0 Å². The van der Waals surface area contributed by atoms with Gasteiger partial charge in [0, 0.05) is 5.56 Å². The first-order valence-electron chi connectivity index (χ1n) is 3.62. The van der Waals surface area contributed by atoms with Gasteiger partial charge in [-0.3, -0.25) is 0 Å². The molecule has 0 saturated carbocycles. The number of halogens is 6. The second-order valence-electron chi connectivity index (χ2n) is 2.73. The zero-order chi connectivity index (χ0) is 11.8.